The number of rotatable bonds is 7. The van der Waals surface area contributed by atoms with Gasteiger partial charge in [0.1, 0.15) is 5.82 Å². The molecule has 3 heterocycles. The Morgan fingerprint density at radius 1 is 1.18 bits per heavy atom. The van der Waals surface area contributed by atoms with Crippen LogP contribution in [-0.2, 0) is 11.2 Å². The first-order chi connectivity index (χ1) is 19.3. The zero-order valence-corrected chi connectivity index (χ0v) is 27.7. The average Bonchev–Trinajstić information content (AvgIpc) is 3.65. The van der Waals surface area contributed by atoms with Gasteiger partial charge in [0, 0.05) is 24.2 Å². The fraction of sp³-hybridized carbons (Fsp3) is 0.606. The molecule has 1 saturated heterocycles. The van der Waals surface area contributed by atoms with Crippen LogP contribution in [0, 0.1) is 11.3 Å². The summed E-state index contributed by atoms with van der Waals surface area (Å²) in [5.74, 6) is 1.43. The summed E-state index contributed by atoms with van der Waals surface area (Å²) in [6.07, 6.45) is 13.5. The molecular weight excluding hydrogens is 501 g/mol. The summed E-state index contributed by atoms with van der Waals surface area (Å²) in [7, 11) is 1.54. The van der Waals surface area contributed by atoms with Crippen LogP contribution in [0.1, 0.15) is 108 Å². The van der Waals surface area contributed by atoms with Gasteiger partial charge >= 0.3 is 0 Å². The van der Waals surface area contributed by atoms with Gasteiger partial charge in [-0.25, -0.2) is 13.9 Å². The summed E-state index contributed by atoms with van der Waals surface area (Å²) in [5, 5.41) is 11.5. The minimum atomic E-state index is -0.164. The van der Waals surface area contributed by atoms with Crippen molar-refractivity contribution >= 4 is 17.4 Å². The Balaban J connectivity index is 0. The van der Waals surface area contributed by atoms with Crippen LogP contribution in [0.3, 0.4) is 0 Å². The van der Waals surface area contributed by atoms with Gasteiger partial charge in [0.15, 0.2) is 11.5 Å². The molecule has 6 nitrogen and oxygen atoms in total. The first-order valence-corrected chi connectivity index (χ1v) is 15.2. The van der Waals surface area contributed by atoms with Gasteiger partial charge in [0.25, 0.3) is 0 Å². The van der Waals surface area contributed by atoms with Crippen molar-refractivity contribution in [3.05, 3.63) is 59.2 Å². The zero-order chi connectivity index (χ0) is 31.3. The van der Waals surface area contributed by atoms with Crippen molar-refractivity contribution in [3.63, 3.8) is 0 Å². The summed E-state index contributed by atoms with van der Waals surface area (Å²) in [4.78, 5) is 7.18. The molecule has 0 radical (unpaired) electrons. The molecule has 0 spiro atoms. The Hall–Kier alpha value is -2.96. The minimum Gasteiger partial charge on any atom is -0.484 e. The molecule has 2 aromatic rings. The maximum atomic E-state index is 13.8. The summed E-state index contributed by atoms with van der Waals surface area (Å²) in [6, 6.07) is 2.15. The van der Waals surface area contributed by atoms with Gasteiger partial charge in [-0.15, -0.1) is 0 Å². The molecule has 0 amide bonds. The maximum Gasteiger partial charge on any atom is 0.182 e. The van der Waals surface area contributed by atoms with Gasteiger partial charge < -0.3 is 9.64 Å². The number of fused-ring (bicyclic) bond motifs is 1. The van der Waals surface area contributed by atoms with Crippen molar-refractivity contribution in [1.82, 2.24) is 14.6 Å². The molecule has 2 atom stereocenters. The van der Waals surface area contributed by atoms with Crippen molar-refractivity contribution < 1.29 is 9.13 Å². The SMILES string of the molecule is CC.CC.CC.CCC(C)C(=N)OC.C\C=C/C(C)=C(\C=C(/C)F)C1CCCN1c1ccn2ncc(CC)c2n1. The summed E-state index contributed by atoms with van der Waals surface area (Å²) >= 11 is 0. The van der Waals surface area contributed by atoms with E-state index in [9.17, 15) is 4.39 Å². The highest BCUT2D eigenvalue weighted by Crippen LogP contribution is 2.32. The summed E-state index contributed by atoms with van der Waals surface area (Å²) in [6.45, 7) is 24.6. The topological polar surface area (TPSA) is 66.5 Å². The van der Waals surface area contributed by atoms with Gasteiger partial charge in [0.05, 0.1) is 25.2 Å². The number of nitrogens with zero attached hydrogens (tertiary/aromatic N) is 4. The van der Waals surface area contributed by atoms with Crippen LogP contribution in [0.15, 0.2) is 53.7 Å². The van der Waals surface area contributed by atoms with Crippen LogP contribution in [0.4, 0.5) is 10.2 Å². The average molecular weight is 560 g/mol. The Kier molecular flexibility index (Phi) is 22.3. The number of hydrogen-bond acceptors (Lipinski definition) is 5. The number of allylic oxidation sites excluding steroid dienone is 4. The van der Waals surface area contributed by atoms with Gasteiger partial charge in [-0.1, -0.05) is 74.5 Å². The van der Waals surface area contributed by atoms with E-state index in [-0.39, 0.29) is 17.8 Å². The Bertz CT molecular complexity index is 1050. The monoisotopic (exact) mass is 559 g/mol. The Labute approximate surface area is 244 Å². The molecule has 1 fully saturated rings. The standard InChI is InChI=1S/C21H27FN4.C6H13NO.3C2H6/c1-5-8-15(3)18(13-16(4)22)19-9-7-11-25(19)20-10-12-26-21(24-20)17(6-2)14-23-26;1-4-5(2)6(7)8-3;3*1-2/h5,8,10,12-14,19H,6-7,9,11H2,1-4H3;5,7H,4H2,1-3H3;3*1-2H3/b8-5-,16-13+,18-15+;;;;. The minimum absolute atomic E-state index is 0.139. The van der Waals surface area contributed by atoms with Crippen molar-refractivity contribution in [2.75, 3.05) is 18.6 Å². The predicted octanol–water partition coefficient (Wildman–Crippen LogP) is 9.76. The molecule has 1 aliphatic rings. The van der Waals surface area contributed by atoms with Gasteiger partial charge in [-0.05, 0) is 69.7 Å². The van der Waals surface area contributed by atoms with Crippen LogP contribution in [0.25, 0.3) is 5.65 Å². The lowest BCUT2D eigenvalue weighted by Gasteiger charge is -2.28. The van der Waals surface area contributed by atoms with E-state index >= 15 is 0 Å². The number of methoxy groups -OCH3 is 1. The fourth-order valence-corrected chi connectivity index (χ4v) is 4.10. The molecule has 1 N–H and O–H groups in total. The van der Waals surface area contributed by atoms with Crippen LogP contribution >= 0.6 is 0 Å². The van der Waals surface area contributed by atoms with Crippen LogP contribution in [0.2, 0.25) is 0 Å². The van der Waals surface area contributed by atoms with E-state index in [0.717, 1.165) is 60.4 Å². The molecule has 0 saturated carbocycles. The molecule has 228 valence electrons. The molecule has 2 aromatic heterocycles. The molecule has 2 unspecified atom stereocenters. The maximum absolute atomic E-state index is 13.8. The van der Waals surface area contributed by atoms with Crippen molar-refractivity contribution in [2.45, 2.75) is 115 Å². The molecule has 1 aliphatic heterocycles. The molecule has 0 aromatic carbocycles. The number of ether oxygens (including phenoxy) is 1. The summed E-state index contributed by atoms with van der Waals surface area (Å²) in [5.41, 5.74) is 4.18. The highest BCUT2D eigenvalue weighted by molar-refractivity contribution is 5.74. The van der Waals surface area contributed by atoms with E-state index in [4.69, 9.17) is 10.4 Å². The fourth-order valence-electron chi connectivity index (χ4n) is 4.10. The number of hydrogen-bond donors (Lipinski definition) is 1. The van der Waals surface area contributed by atoms with Gasteiger partial charge in [-0.2, -0.15) is 5.10 Å². The highest BCUT2D eigenvalue weighted by atomic mass is 19.1. The third kappa shape index (κ3) is 12.1. The first-order valence-electron chi connectivity index (χ1n) is 15.2. The number of aryl methyl sites for hydroxylation is 1. The Morgan fingerprint density at radius 2 is 1.80 bits per heavy atom. The third-order valence-electron chi connectivity index (χ3n) is 6.22. The highest BCUT2D eigenvalue weighted by Gasteiger charge is 2.29. The lowest BCUT2D eigenvalue weighted by atomic mass is 9.98. The number of anilines is 1. The third-order valence-corrected chi connectivity index (χ3v) is 6.22. The molecule has 3 rings (SSSR count). The number of aromatic nitrogens is 3. The van der Waals surface area contributed by atoms with E-state index in [1.54, 1.807) is 6.08 Å². The van der Waals surface area contributed by atoms with E-state index in [2.05, 4.69) is 21.7 Å². The second kappa shape index (κ2) is 22.8. The molecular formula is C33H58FN5O. The molecule has 7 heteroatoms. The van der Waals surface area contributed by atoms with E-state index < -0.39 is 0 Å². The van der Waals surface area contributed by atoms with Crippen LogP contribution in [-0.4, -0.2) is 40.2 Å². The quantitative estimate of drug-likeness (QED) is 0.208. The van der Waals surface area contributed by atoms with Crippen molar-refractivity contribution in [1.29, 1.82) is 5.41 Å². The molecule has 40 heavy (non-hydrogen) atoms. The Morgan fingerprint density at radius 3 is 2.27 bits per heavy atom. The lowest BCUT2D eigenvalue weighted by Crippen LogP contribution is -2.32. The van der Waals surface area contributed by atoms with Gasteiger partial charge in [-0.3, -0.25) is 5.41 Å². The molecule has 0 bridgehead atoms. The van der Waals surface area contributed by atoms with Crippen molar-refractivity contribution in [2.24, 2.45) is 5.92 Å². The normalized spacial score (nSPS) is 15.8. The predicted molar refractivity (Wildman–Crippen MR) is 173 cm³/mol. The largest absolute Gasteiger partial charge is 0.484 e. The first kappa shape index (κ1) is 39.2. The lowest BCUT2D eigenvalue weighted by molar-refractivity contribution is 0.363. The number of halogens is 1. The van der Waals surface area contributed by atoms with E-state index in [1.807, 2.05) is 104 Å². The number of nitrogens with one attached hydrogen (secondary N) is 1. The van der Waals surface area contributed by atoms with Gasteiger partial charge in [0.2, 0.25) is 0 Å². The van der Waals surface area contributed by atoms with E-state index in [0.29, 0.717) is 5.90 Å². The van der Waals surface area contributed by atoms with Crippen LogP contribution in [0.5, 0.6) is 0 Å². The van der Waals surface area contributed by atoms with E-state index in [1.165, 1.54) is 14.0 Å². The summed E-state index contributed by atoms with van der Waals surface area (Å²) < 4.78 is 20.3. The van der Waals surface area contributed by atoms with Crippen molar-refractivity contribution in [3.8, 4) is 0 Å². The smallest absolute Gasteiger partial charge is 0.182 e. The second-order valence-corrected chi connectivity index (χ2v) is 8.68. The second-order valence-electron chi connectivity index (χ2n) is 8.68. The molecule has 0 aliphatic carbocycles. The van der Waals surface area contributed by atoms with Crippen LogP contribution < -0.4 is 4.90 Å². The zero-order valence-electron chi connectivity index (χ0n) is 27.7.